The van der Waals surface area contributed by atoms with Gasteiger partial charge in [0, 0.05) is 30.2 Å². The first kappa shape index (κ1) is 13.1. The summed E-state index contributed by atoms with van der Waals surface area (Å²) >= 11 is 0. The quantitative estimate of drug-likeness (QED) is 0.929. The van der Waals surface area contributed by atoms with Crippen LogP contribution in [0, 0.1) is 6.92 Å². The summed E-state index contributed by atoms with van der Waals surface area (Å²) in [5, 5.41) is 9.37. The van der Waals surface area contributed by atoms with Crippen molar-refractivity contribution < 1.29 is 9.84 Å². The van der Waals surface area contributed by atoms with Crippen LogP contribution in [0.2, 0.25) is 0 Å². The maximum atomic E-state index is 9.37. The van der Waals surface area contributed by atoms with Crippen LogP contribution in [0.3, 0.4) is 0 Å². The monoisotopic (exact) mass is 270 g/mol. The normalized spacial score (nSPS) is 22.2. The Labute approximate surface area is 118 Å². The Morgan fingerprint density at radius 1 is 1.30 bits per heavy atom. The highest BCUT2D eigenvalue weighted by molar-refractivity contribution is 5.50. The third-order valence-corrected chi connectivity index (χ3v) is 3.54. The predicted octanol–water partition coefficient (Wildman–Crippen LogP) is 2.29. The Balaban J connectivity index is 1.92. The molecule has 0 aliphatic carbocycles. The summed E-state index contributed by atoms with van der Waals surface area (Å²) in [5.74, 6) is 0. The molecule has 2 atom stereocenters. The second-order valence-electron chi connectivity index (χ2n) is 5.07. The first-order valence-electron chi connectivity index (χ1n) is 6.77. The van der Waals surface area contributed by atoms with Gasteiger partial charge in [-0.2, -0.15) is 0 Å². The summed E-state index contributed by atoms with van der Waals surface area (Å²) < 4.78 is 5.93. The number of benzene rings is 1. The Morgan fingerprint density at radius 3 is 2.75 bits per heavy atom. The largest absolute Gasteiger partial charge is 0.394 e. The second-order valence-corrected chi connectivity index (χ2v) is 5.07. The van der Waals surface area contributed by atoms with Crippen LogP contribution in [0.5, 0.6) is 0 Å². The highest BCUT2D eigenvalue weighted by Crippen LogP contribution is 2.34. The maximum Gasteiger partial charge on any atom is 0.158 e. The van der Waals surface area contributed by atoms with Crippen LogP contribution in [0.15, 0.2) is 48.8 Å². The fraction of sp³-hybridized carbons (Fsp3) is 0.312. The van der Waals surface area contributed by atoms with Gasteiger partial charge in [0.25, 0.3) is 0 Å². The third-order valence-electron chi connectivity index (χ3n) is 3.54. The fourth-order valence-electron chi connectivity index (χ4n) is 2.47. The van der Waals surface area contributed by atoms with Crippen molar-refractivity contribution in [3.63, 3.8) is 0 Å². The lowest BCUT2D eigenvalue weighted by atomic mass is 10.2. The van der Waals surface area contributed by atoms with Gasteiger partial charge in [-0.15, -0.1) is 0 Å². The number of anilines is 1. The van der Waals surface area contributed by atoms with Crippen molar-refractivity contribution in [2.75, 3.05) is 18.1 Å². The van der Waals surface area contributed by atoms with E-state index in [-0.39, 0.29) is 18.9 Å². The number of aliphatic hydroxyl groups is 1. The Bertz CT molecular complexity index is 556. The van der Waals surface area contributed by atoms with Crippen LogP contribution in [0.25, 0.3) is 0 Å². The zero-order chi connectivity index (χ0) is 13.9. The van der Waals surface area contributed by atoms with E-state index in [2.05, 4.69) is 41.1 Å². The summed E-state index contributed by atoms with van der Waals surface area (Å²) in [6, 6.07) is 12.2. The summed E-state index contributed by atoms with van der Waals surface area (Å²) in [5.41, 5.74) is 3.33. The van der Waals surface area contributed by atoms with Crippen molar-refractivity contribution >= 4 is 5.69 Å². The molecule has 104 valence electrons. The first-order valence-corrected chi connectivity index (χ1v) is 6.77. The van der Waals surface area contributed by atoms with Crippen molar-refractivity contribution in [1.29, 1.82) is 0 Å². The van der Waals surface area contributed by atoms with Crippen LogP contribution in [0.4, 0.5) is 5.69 Å². The van der Waals surface area contributed by atoms with Gasteiger partial charge in [-0.25, -0.2) is 0 Å². The van der Waals surface area contributed by atoms with E-state index in [9.17, 15) is 5.11 Å². The molecule has 1 aliphatic heterocycles. The Hall–Kier alpha value is -1.91. The number of aryl methyl sites for hydroxylation is 1. The van der Waals surface area contributed by atoms with Gasteiger partial charge in [0.1, 0.15) is 6.10 Å². The smallest absolute Gasteiger partial charge is 0.158 e. The summed E-state index contributed by atoms with van der Waals surface area (Å²) in [7, 11) is 0. The molecule has 0 amide bonds. The SMILES string of the molecule is Cc1ccc(N2CC(CO)OC2c2cccnc2)cc1. The average Bonchev–Trinajstić information content (AvgIpc) is 2.93. The van der Waals surface area contributed by atoms with Crippen LogP contribution in [-0.4, -0.2) is 29.3 Å². The van der Waals surface area contributed by atoms with E-state index in [4.69, 9.17) is 4.74 Å². The number of pyridine rings is 1. The van der Waals surface area contributed by atoms with Gasteiger partial charge in [0.15, 0.2) is 6.23 Å². The molecule has 0 spiro atoms. The molecule has 4 heteroatoms. The minimum Gasteiger partial charge on any atom is -0.394 e. The van der Waals surface area contributed by atoms with Gasteiger partial charge in [0.2, 0.25) is 0 Å². The van der Waals surface area contributed by atoms with Crippen molar-refractivity contribution in [1.82, 2.24) is 4.98 Å². The second kappa shape index (κ2) is 5.61. The highest BCUT2D eigenvalue weighted by Gasteiger charge is 2.33. The highest BCUT2D eigenvalue weighted by atomic mass is 16.5. The maximum absolute atomic E-state index is 9.37. The molecule has 2 unspecified atom stereocenters. The van der Waals surface area contributed by atoms with Crippen LogP contribution < -0.4 is 4.90 Å². The predicted molar refractivity (Wildman–Crippen MR) is 77.5 cm³/mol. The lowest BCUT2D eigenvalue weighted by Gasteiger charge is -2.25. The number of aliphatic hydroxyl groups excluding tert-OH is 1. The van der Waals surface area contributed by atoms with Crippen LogP contribution in [0.1, 0.15) is 17.4 Å². The minimum absolute atomic E-state index is 0.0269. The molecule has 2 aromatic rings. The van der Waals surface area contributed by atoms with Crippen molar-refractivity contribution in [3.8, 4) is 0 Å². The molecular formula is C16H18N2O2. The van der Waals surface area contributed by atoms with Gasteiger partial charge in [-0.05, 0) is 25.1 Å². The average molecular weight is 270 g/mol. The van der Waals surface area contributed by atoms with E-state index in [1.165, 1.54) is 5.56 Å². The standard InChI is InChI=1S/C16H18N2O2/c1-12-4-6-14(7-5-12)18-10-15(11-19)20-16(18)13-3-2-8-17-9-13/h2-9,15-16,19H,10-11H2,1H3. The number of hydrogen-bond donors (Lipinski definition) is 1. The number of ether oxygens (including phenoxy) is 1. The molecule has 1 aromatic heterocycles. The summed E-state index contributed by atoms with van der Waals surface area (Å²) in [6.45, 7) is 2.78. The molecule has 0 bridgehead atoms. The zero-order valence-electron chi connectivity index (χ0n) is 11.4. The van der Waals surface area contributed by atoms with Gasteiger partial charge < -0.3 is 14.7 Å². The van der Waals surface area contributed by atoms with Gasteiger partial charge in [-0.3, -0.25) is 4.98 Å². The molecule has 2 heterocycles. The Morgan fingerprint density at radius 2 is 2.10 bits per heavy atom. The first-order chi connectivity index (χ1) is 9.78. The fourth-order valence-corrected chi connectivity index (χ4v) is 2.47. The van der Waals surface area contributed by atoms with E-state index in [0.29, 0.717) is 6.54 Å². The van der Waals surface area contributed by atoms with Gasteiger partial charge >= 0.3 is 0 Å². The number of aromatic nitrogens is 1. The van der Waals surface area contributed by atoms with Crippen molar-refractivity contribution in [2.45, 2.75) is 19.3 Å². The van der Waals surface area contributed by atoms with Crippen LogP contribution >= 0.6 is 0 Å². The van der Waals surface area contributed by atoms with Crippen LogP contribution in [-0.2, 0) is 4.74 Å². The van der Waals surface area contributed by atoms with E-state index in [0.717, 1.165) is 11.3 Å². The summed E-state index contributed by atoms with van der Waals surface area (Å²) in [4.78, 5) is 6.32. The molecule has 0 saturated carbocycles. The third kappa shape index (κ3) is 2.53. The van der Waals surface area contributed by atoms with Crippen molar-refractivity contribution in [2.24, 2.45) is 0 Å². The number of hydrogen-bond acceptors (Lipinski definition) is 4. The molecule has 1 aliphatic rings. The topological polar surface area (TPSA) is 45.6 Å². The van der Waals surface area contributed by atoms with E-state index >= 15 is 0 Å². The molecule has 1 N–H and O–H groups in total. The van der Waals surface area contributed by atoms with Gasteiger partial charge in [0.05, 0.1) is 6.61 Å². The van der Waals surface area contributed by atoms with E-state index in [1.807, 2.05) is 18.3 Å². The molecule has 20 heavy (non-hydrogen) atoms. The zero-order valence-corrected chi connectivity index (χ0v) is 11.4. The molecular weight excluding hydrogens is 252 g/mol. The van der Waals surface area contributed by atoms with E-state index in [1.54, 1.807) is 6.20 Å². The minimum atomic E-state index is -0.191. The number of rotatable bonds is 3. The molecule has 0 radical (unpaired) electrons. The number of nitrogens with zero attached hydrogens (tertiary/aromatic N) is 2. The Kier molecular flexibility index (Phi) is 3.67. The lowest BCUT2D eigenvalue weighted by molar-refractivity contribution is 0.0146. The lowest BCUT2D eigenvalue weighted by Crippen LogP contribution is -2.25. The molecule has 1 saturated heterocycles. The molecule has 1 aromatic carbocycles. The molecule has 1 fully saturated rings. The van der Waals surface area contributed by atoms with E-state index < -0.39 is 0 Å². The van der Waals surface area contributed by atoms with Crippen molar-refractivity contribution in [3.05, 3.63) is 59.9 Å². The molecule has 3 rings (SSSR count). The summed E-state index contributed by atoms with van der Waals surface area (Å²) in [6.07, 6.45) is 3.20. The molecule has 4 nitrogen and oxygen atoms in total. The van der Waals surface area contributed by atoms with Gasteiger partial charge in [-0.1, -0.05) is 23.8 Å².